The van der Waals surface area contributed by atoms with Gasteiger partial charge in [-0.3, -0.25) is 0 Å². The fraction of sp³-hybridized carbons (Fsp3) is 0.429. The van der Waals surface area contributed by atoms with E-state index in [1.807, 2.05) is 0 Å². The van der Waals surface area contributed by atoms with Gasteiger partial charge in [0.05, 0.1) is 0 Å². The lowest BCUT2D eigenvalue weighted by Crippen LogP contribution is -2.64. The van der Waals surface area contributed by atoms with Crippen molar-refractivity contribution in [3.05, 3.63) is 106 Å². The van der Waals surface area contributed by atoms with Crippen molar-refractivity contribution in [1.29, 1.82) is 0 Å². The van der Waals surface area contributed by atoms with E-state index in [0.29, 0.717) is 0 Å². The number of hydrogen-bond acceptors (Lipinski definition) is 1. The van der Waals surface area contributed by atoms with E-state index in [4.69, 9.17) is 0 Å². The third kappa shape index (κ3) is 4.12. The molecule has 0 aromatic heterocycles. The minimum absolute atomic E-state index is 0.0642. The number of nitrogens with zero attached hydrogens (tertiary/aromatic N) is 1. The maximum Gasteiger partial charge on any atom is 0.247 e. The first kappa shape index (κ1) is 29.5. The van der Waals surface area contributed by atoms with Crippen LogP contribution >= 0.6 is 0 Å². The van der Waals surface area contributed by atoms with Gasteiger partial charge in [0.25, 0.3) is 0 Å². The molecule has 7 rings (SSSR count). The normalized spacial score (nSPS) is 18.8. The van der Waals surface area contributed by atoms with Crippen LogP contribution in [0.5, 0.6) is 0 Å². The molecule has 0 saturated carbocycles. The zero-order valence-corrected chi connectivity index (χ0v) is 29.2. The standard InChI is InChI=1S/C42H50BN/c1-38(2,3)26-16-19-28(20-17-26)44-35-21-18-27(39(4,5)6)22-34(35)43-33-24-31-30(40(7,8)25-41(31,9)10)23-32(33)42(11,12)29-14-13-15-36(44)37(29)43/h13-24H,25H2,1-12H3. The van der Waals surface area contributed by atoms with Gasteiger partial charge in [0.15, 0.2) is 0 Å². The summed E-state index contributed by atoms with van der Waals surface area (Å²) in [4.78, 5) is 2.55. The minimum atomic E-state index is -0.101. The van der Waals surface area contributed by atoms with Gasteiger partial charge in [-0.15, -0.1) is 0 Å². The molecule has 2 heteroatoms. The van der Waals surface area contributed by atoms with Crippen LogP contribution in [-0.4, -0.2) is 6.71 Å². The van der Waals surface area contributed by atoms with Crippen molar-refractivity contribution >= 4 is 40.2 Å². The molecule has 0 bridgehead atoms. The van der Waals surface area contributed by atoms with Gasteiger partial charge in [-0.25, -0.2) is 0 Å². The number of rotatable bonds is 1. The summed E-state index contributed by atoms with van der Waals surface area (Å²) >= 11 is 0. The molecular formula is C42H50BN. The summed E-state index contributed by atoms with van der Waals surface area (Å²) < 4.78 is 0. The van der Waals surface area contributed by atoms with Crippen molar-refractivity contribution in [1.82, 2.24) is 0 Å². The van der Waals surface area contributed by atoms with E-state index in [0.717, 1.165) is 0 Å². The Morgan fingerprint density at radius 1 is 0.568 bits per heavy atom. The highest BCUT2D eigenvalue weighted by Gasteiger charge is 2.49. The zero-order chi connectivity index (χ0) is 31.8. The topological polar surface area (TPSA) is 3.24 Å². The summed E-state index contributed by atoms with van der Waals surface area (Å²) in [6, 6.07) is 29.0. The van der Waals surface area contributed by atoms with Gasteiger partial charge in [-0.2, -0.15) is 0 Å². The first-order valence-corrected chi connectivity index (χ1v) is 16.7. The first-order valence-electron chi connectivity index (χ1n) is 16.7. The van der Waals surface area contributed by atoms with Gasteiger partial charge < -0.3 is 4.90 Å². The number of hydrogen-bond donors (Lipinski definition) is 0. The van der Waals surface area contributed by atoms with E-state index < -0.39 is 0 Å². The second-order valence-electron chi connectivity index (χ2n) is 17.9. The summed E-state index contributed by atoms with van der Waals surface area (Å²) in [5, 5.41) is 0. The smallest absolute Gasteiger partial charge is 0.247 e. The van der Waals surface area contributed by atoms with Crippen LogP contribution in [0.3, 0.4) is 0 Å². The Morgan fingerprint density at radius 2 is 1.16 bits per heavy atom. The molecule has 3 aliphatic rings. The zero-order valence-electron chi connectivity index (χ0n) is 29.2. The van der Waals surface area contributed by atoms with Crippen molar-refractivity contribution < 1.29 is 0 Å². The molecule has 0 N–H and O–H groups in total. The molecule has 1 aliphatic carbocycles. The van der Waals surface area contributed by atoms with Gasteiger partial charge >= 0.3 is 0 Å². The molecule has 2 heterocycles. The first-order chi connectivity index (χ1) is 20.3. The fourth-order valence-corrected chi connectivity index (χ4v) is 9.01. The summed E-state index contributed by atoms with van der Waals surface area (Å²) in [7, 11) is 0. The lowest BCUT2D eigenvalue weighted by atomic mass is 9.30. The van der Waals surface area contributed by atoms with Crippen LogP contribution in [0.1, 0.15) is 123 Å². The lowest BCUT2D eigenvalue weighted by Gasteiger charge is -2.46. The van der Waals surface area contributed by atoms with Crippen molar-refractivity contribution in [2.24, 2.45) is 0 Å². The Labute approximate surface area is 267 Å². The van der Waals surface area contributed by atoms with Crippen LogP contribution in [-0.2, 0) is 27.1 Å². The van der Waals surface area contributed by atoms with E-state index >= 15 is 0 Å². The number of fused-ring (bicyclic) bond motifs is 5. The van der Waals surface area contributed by atoms with Gasteiger partial charge in [0.2, 0.25) is 6.71 Å². The molecule has 0 saturated heterocycles. The Bertz CT molecular complexity index is 1820. The average molecular weight is 580 g/mol. The van der Waals surface area contributed by atoms with E-state index in [-0.39, 0.29) is 33.8 Å². The molecule has 4 aromatic carbocycles. The molecule has 44 heavy (non-hydrogen) atoms. The minimum Gasteiger partial charge on any atom is -0.312 e. The Hall–Kier alpha value is -3.26. The third-order valence-corrected chi connectivity index (χ3v) is 11.2. The summed E-state index contributed by atoms with van der Waals surface area (Å²) in [6.07, 6.45) is 1.19. The second kappa shape index (κ2) is 8.93. The summed E-state index contributed by atoms with van der Waals surface area (Å²) in [5.41, 5.74) is 17.5. The van der Waals surface area contributed by atoms with Crippen LogP contribution in [0.25, 0.3) is 0 Å². The maximum atomic E-state index is 2.65. The van der Waals surface area contributed by atoms with Gasteiger partial charge in [0, 0.05) is 22.5 Å². The Kier molecular flexibility index (Phi) is 5.98. The number of anilines is 3. The molecule has 1 nitrogen and oxygen atoms in total. The molecule has 0 atom stereocenters. The Morgan fingerprint density at radius 3 is 1.77 bits per heavy atom. The average Bonchev–Trinajstić information content (AvgIpc) is 3.11. The number of benzene rings is 4. The van der Waals surface area contributed by atoms with Crippen LogP contribution in [0.2, 0.25) is 0 Å². The highest BCUT2D eigenvalue weighted by Crippen LogP contribution is 2.51. The predicted octanol–water partition coefficient (Wildman–Crippen LogP) is 9.18. The van der Waals surface area contributed by atoms with Gasteiger partial charge in [-0.05, 0) is 96.7 Å². The molecule has 0 radical (unpaired) electrons. The van der Waals surface area contributed by atoms with Crippen molar-refractivity contribution in [2.75, 3.05) is 4.90 Å². The summed E-state index contributed by atoms with van der Waals surface area (Å²) in [6.45, 7) is 28.8. The predicted molar refractivity (Wildman–Crippen MR) is 192 cm³/mol. The lowest BCUT2D eigenvalue weighted by molar-refractivity contribution is 0.403. The van der Waals surface area contributed by atoms with E-state index in [1.165, 1.54) is 62.1 Å². The largest absolute Gasteiger partial charge is 0.312 e. The quantitative estimate of drug-likeness (QED) is 0.179. The molecule has 226 valence electrons. The highest BCUT2D eigenvalue weighted by molar-refractivity contribution is 6.99. The van der Waals surface area contributed by atoms with Crippen molar-refractivity contribution in [3.8, 4) is 0 Å². The van der Waals surface area contributed by atoms with Crippen molar-refractivity contribution in [3.63, 3.8) is 0 Å². The van der Waals surface area contributed by atoms with E-state index in [2.05, 4.69) is 161 Å². The van der Waals surface area contributed by atoms with Crippen molar-refractivity contribution in [2.45, 2.75) is 117 Å². The van der Waals surface area contributed by atoms with Crippen LogP contribution in [0, 0.1) is 0 Å². The Balaban J connectivity index is 1.55. The van der Waals surface area contributed by atoms with E-state index in [9.17, 15) is 0 Å². The molecule has 0 amide bonds. The second-order valence-corrected chi connectivity index (χ2v) is 17.9. The molecule has 0 unspecified atom stereocenters. The molecule has 2 aliphatic heterocycles. The van der Waals surface area contributed by atoms with Gasteiger partial charge in [0.1, 0.15) is 0 Å². The SMILES string of the molecule is CC(C)(C)c1ccc(N2c3ccc(C(C)(C)C)cc3B3c4cc5c(cc4C(C)(C)c4cccc2c43)C(C)(C)CC5(C)C)cc1. The third-order valence-electron chi connectivity index (χ3n) is 11.2. The molecule has 4 aromatic rings. The summed E-state index contributed by atoms with van der Waals surface area (Å²) in [5.74, 6) is 0. The molecule has 0 fully saturated rings. The van der Waals surface area contributed by atoms with Crippen LogP contribution < -0.4 is 21.3 Å². The van der Waals surface area contributed by atoms with Crippen LogP contribution in [0.4, 0.5) is 17.1 Å². The molecule has 0 spiro atoms. The monoisotopic (exact) mass is 579 g/mol. The van der Waals surface area contributed by atoms with Crippen LogP contribution in [0.15, 0.2) is 72.8 Å². The highest BCUT2D eigenvalue weighted by atomic mass is 15.1. The fourth-order valence-electron chi connectivity index (χ4n) is 9.01. The maximum absolute atomic E-state index is 2.65. The van der Waals surface area contributed by atoms with Gasteiger partial charge in [-0.1, -0.05) is 137 Å². The molecular weight excluding hydrogens is 529 g/mol. The van der Waals surface area contributed by atoms with E-state index in [1.54, 1.807) is 11.1 Å².